The fourth-order valence-electron chi connectivity index (χ4n) is 6.86. The maximum Gasteiger partial charge on any atom is 0.339 e. The Hall–Kier alpha value is -9.63. The lowest BCUT2D eigenvalue weighted by molar-refractivity contribution is -0.284. The number of carbonyl (C=O) groups is 5. The summed E-state index contributed by atoms with van der Waals surface area (Å²) in [5, 5.41) is 166. The van der Waals surface area contributed by atoms with E-state index in [2.05, 4.69) is 0 Å². The highest BCUT2D eigenvalue weighted by Crippen LogP contribution is 2.54. The number of aromatic hydroxyl groups is 14. The number of ether oxygens (including phenoxy) is 6. The summed E-state index contributed by atoms with van der Waals surface area (Å²) < 4.78 is 32.5. The van der Waals surface area contributed by atoms with Gasteiger partial charge in [-0.1, -0.05) is 0 Å². The third-order valence-corrected chi connectivity index (χ3v) is 10.2. The number of esters is 4. The number of aromatic carboxylic acids is 1. The lowest BCUT2D eigenvalue weighted by Crippen LogP contribution is -2.62. The van der Waals surface area contributed by atoms with Crippen LogP contribution in [0.1, 0.15) is 51.8 Å². The highest BCUT2D eigenvalue weighted by Gasteiger charge is 2.53. The quantitative estimate of drug-likeness (QED) is 0.0625. The Kier molecular flexibility index (Phi) is 11.6. The number of carboxylic acid groups (broad SMARTS) is 1. The Morgan fingerprint density at radius 2 is 0.985 bits per heavy atom. The molecule has 0 radical (unpaired) electrons. The predicted octanol–water partition coefficient (Wildman–Crippen LogP) is 1.59. The van der Waals surface area contributed by atoms with Crippen LogP contribution in [0.5, 0.6) is 92.0 Å². The van der Waals surface area contributed by atoms with E-state index in [-0.39, 0.29) is 0 Å². The van der Waals surface area contributed by atoms with E-state index in [4.69, 9.17) is 28.4 Å². The summed E-state index contributed by atoms with van der Waals surface area (Å²) >= 11 is 0. The van der Waals surface area contributed by atoms with E-state index < -0.39 is 198 Å². The molecule has 0 amide bonds. The van der Waals surface area contributed by atoms with Crippen LogP contribution in [0, 0.1) is 0 Å². The first-order chi connectivity index (χ1) is 31.9. The summed E-state index contributed by atoms with van der Waals surface area (Å²) in [6.45, 7) is -1.20. The number of aliphatic hydroxyl groups is 1. The van der Waals surface area contributed by atoms with Crippen LogP contribution < -0.4 is 4.74 Å². The molecule has 0 saturated carbocycles. The Morgan fingerprint density at radius 1 is 0.529 bits per heavy atom. The highest BCUT2D eigenvalue weighted by molar-refractivity contribution is 6.08. The van der Waals surface area contributed by atoms with Crippen LogP contribution in [0.25, 0.3) is 11.1 Å². The molecule has 1 fully saturated rings. The SMILES string of the molecule is O=C(OC1C(O)OC2COC(=O)c3cc(O)c(O)c(O)c3-c3c(cc(O)c(O)c3O)C(=O)OC2C1OC(=O)c1cc(O)c(O)c(Oc2c(C(=O)O)cc(O)c(O)c2O)c1)c1cc(O)c(O)c(O)c1. The third kappa shape index (κ3) is 7.96. The summed E-state index contributed by atoms with van der Waals surface area (Å²) in [4.78, 5) is 67.5. The smallest absolute Gasteiger partial charge is 0.339 e. The number of carbonyl (C=O) groups excluding carboxylic acids is 4. The number of phenolic OH excluding ortho intramolecular Hbond substituents is 14. The molecule has 0 spiro atoms. The van der Waals surface area contributed by atoms with Gasteiger partial charge < -0.3 is 110 Å². The number of hydrogen-bond donors (Lipinski definition) is 16. The van der Waals surface area contributed by atoms with E-state index in [1.165, 1.54) is 0 Å². The summed E-state index contributed by atoms with van der Waals surface area (Å²) in [7, 11) is 0. The third-order valence-electron chi connectivity index (χ3n) is 10.2. The van der Waals surface area contributed by atoms with Crippen molar-refractivity contribution in [2.45, 2.75) is 30.7 Å². The van der Waals surface area contributed by atoms with Crippen molar-refractivity contribution in [2.75, 3.05) is 6.61 Å². The molecule has 2 aliphatic heterocycles. The van der Waals surface area contributed by atoms with Crippen LogP contribution in [0.2, 0.25) is 0 Å². The van der Waals surface area contributed by atoms with Crippen LogP contribution in [0.4, 0.5) is 0 Å². The number of benzene rings is 5. The number of cyclic esters (lactones) is 1. The molecular weight excluding hydrogens is 924 g/mol. The average molecular weight is 955 g/mol. The van der Waals surface area contributed by atoms with Gasteiger partial charge >= 0.3 is 29.8 Å². The fourth-order valence-corrected chi connectivity index (χ4v) is 6.86. The van der Waals surface area contributed by atoms with Gasteiger partial charge in [0.15, 0.2) is 87.8 Å². The van der Waals surface area contributed by atoms with Gasteiger partial charge in [-0.3, -0.25) is 0 Å². The van der Waals surface area contributed by atoms with Crippen molar-refractivity contribution in [3.05, 3.63) is 70.3 Å². The Morgan fingerprint density at radius 3 is 1.53 bits per heavy atom. The zero-order valence-corrected chi connectivity index (χ0v) is 33.3. The zero-order valence-electron chi connectivity index (χ0n) is 33.3. The van der Waals surface area contributed by atoms with E-state index in [1.54, 1.807) is 0 Å². The number of fused-ring (bicyclic) bond motifs is 4. The monoisotopic (exact) mass is 954 g/mol. The predicted molar refractivity (Wildman–Crippen MR) is 210 cm³/mol. The first-order valence-electron chi connectivity index (χ1n) is 18.6. The topological polar surface area (TPSA) is 464 Å². The van der Waals surface area contributed by atoms with Gasteiger partial charge in [-0.2, -0.15) is 0 Å². The number of rotatable bonds is 7. The molecule has 7 rings (SSSR count). The summed E-state index contributed by atoms with van der Waals surface area (Å²) in [5.74, 6) is -28.6. The molecule has 5 atom stereocenters. The average Bonchev–Trinajstić information content (AvgIpc) is 3.29. The van der Waals surface area contributed by atoms with Crippen LogP contribution in [-0.4, -0.2) is 149 Å². The van der Waals surface area contributed by atoms with E-state index in [1.807, 2.05) is 0 Å². The van der Waals surface area contributed by atoms with Gasteiger partial charge in [0.1, 0.15) is 18.3 Å². The van der Waals surface area contributed by atoms with E-state index in [0.29, 0.717) is 42.5 Å². The molecular formula is C41H30O27. The largest absolute Gasteiger partial charge is 0.504 e. The van der Waals surface area contributed by atoms with Crippen molar-refractivity contribution in [1.82, 2.24) is 0 Å². The van der Waals surface area contributed by atoms with Crippen molar-refractivity contribution >= 4 is 29.8 Å². The second-order valence-corrected chi connectivity index (χ2v) is 14.4. The van der Waals surface area contributed by atoms with E-state index >= 15 is 0 Å². The maximum absolute atomic E-state index is 14.3. The zero-order chi connectivity index (χ0) is 50.0. The summed E-state index contributed by atoms with van der Waals surface area (Å²) in [6.07, 6.45) is -12.0. The van der Waals surface area contributed by atoms with Crippen LogP contribution in [0.15, 0.2) is 42.5 Å². The fraction of sp³-hybridized carbons (Fsp3) is 0.146. The van der Waals surface area contributed by atoms with Gasteiger partial charge in [0.2, 0.25) is 28.7 Å². The second-order valence-electron chi connectivity index (χ2n) is 14.4. The van der Waals surface area contributed by atoms with Gasteiger partial charge in [-0.25, -0.2) is 24.0 Å². The Balaban J connectivity index is 1.37. The molecule has 1 saturated heterocycles. The minimum absolute atomic E-state index is 0.404. The summed E-state index contributed by atoms with van der Waals surface area (Å²) in [5.41, 5.74) is -6.91. The van der Waals surface area contributed by atoms with Crippen molar-refractivity contribution in [2.24, 2.45) is 0 Å². The Labute approximate surface area is 374 Å². The lowest BCUT2D eigenvalue weighted by atomic mass is 9.92. The van der Waals surface area contributed by atoms with Gasteiger partial charge in [-0.15, -0.1) is 0 Å². The molecule has 68 heavy (non-hydrogen) atoms. The minimum atomic E-state index is -2.55. The molecule has 356 valence electrons. The highest BCUT2D eigenvalue weighted by atomic mass is 16.7. The maximum atomic E-state index is 14.3. The number of carboxylic acids is 1. The molecule has 2 heterocycles. The van der Waals surface area contributed by atoms with Gasteiger partial charge in [0.05, 0.1) is 22.3 Å². The van der Waals surface area contributed by atoms with E-state index in [9.17, 15) is 106 Å². The van der Waals surface area contributed by atoms with Crippen molar-refractivity contribution in [1.29, 1.82) is 0 Å². The summed E-state index contributed by atoms with van der Waals surface area (Å²) in [6, 6.07) is 3.39. The van der Waals surface area contributed by atoms with Crippen molar-refractivity contribution in [3.8, 4) is 103 Å². The van der Waals surface area contributed by atoms with Crippen LogP contribution in [0.3, 0.4) is 0 Å². The molecule has 27 heteroatoms. The first-order valence-corrected chi connectivity index (χ1v) is 18.6. The van der Waals surface area contributed by atoms with Crippen LogP contribution in [-0.2, 0) is 23.7 Å². The molecule has 5 aromatic rings. The number of hydrogen-bond acceptors (Lipinski definition) is 26. The molecule has 0 bridgehead atoms. The second kappa shape index (κ2) is 17.1. The Bertz CT molecular complexity index is 2970. The molecule has 16 N–H and O–H groups in total. The molecule has 0 aliphatic carbocycles. The first kappa shape index (κ1) is 46.4. The van der Waals surface area contributed by atoms with Gasteiger partial charge in [0, 0.05) is 17.2 Å². The molecule has 0 aromatic heterocycles. The van der Waals surface area contributed by atoms with Crippen molar-refractivity contribution in [3.63, 3.8) is 0 Å². The molecule has 27 nitrogen and oxygen atoms in total. The standard InChI is InChI=1S/C41H30O27/c42-14-1-9(2-15(43)24(14)48)37(58)68-35-34(67-38(59)10-3-16(44)25(49)20(4-10)64-32-13(36(56)57)7-19(47)28(52)31(32)55)33-21(65-41(35)62)8-63-39(60)11-5-17(45)26(50)29(53)22(11)23-12(40(61)66-33)6-18(46)27(51)30(23)54/h1-7,21,33-35,41-55,62H,8H2,(H,56,57). The van der Waals surface area contributed by atoms with Crippen LogP contribution >= 0.6 is 0 Å². The lowest BCUT2D eigenvalue weighted by Gasteiger charge is -2.42. The van der Waals surface area contributed by atoms with E-state index in [0.717, 1.165) is 0 Å². The van der Waals surface area contributed by atoms with Gasteiger partial charge in [-0.05, 0) is 36.4 Å². The van der Waals surface area contributed by atoms with Crippen molar-refractivity contribution < 1.29 is 134 Å². The molecule has 5 aromatic carbocycles. The minimum Gasteiger partial charge on any atom is -0.504 e. The molecule has 2 aliphatic rings. The van der Waals surface area contributed by atoms with Gasteiger partial charge in [0.25, 0.3) is 0 Å². The molecule has 5 unspecified atom stereocenters. The normalized spacial score (nSPS) is 18.9. The number of aliphatic hydroxyl groups excluding tert-OH is 1. The number of phenols is 14.